The molecule has 0 fully saturated rings. The lowest BCUT2D eigenvalue weighted by molar-refractivity contribution is -0.0451. The monoisotopic (exact) mass is 114 g/mol. The van der Waals surface area contributed by atoms with Gasteiger partial charge in [0, 0.05) is 6.92 Å². The minimum absolute atomic E-state index is 0.273. The van der Waals surface area contributed by atoms with Crippen molar-refractivity contribution in [3.05, 3.63) is 25.7 Å². The Hall–Kier alpha value is -0.920. The predicted octanol–water partition coefficient (Wildman–Crippen LogP) is 1.65. The molecule has 46 valence electrons. The van der Waals surface area contributed by atoms with Crippen LogP contribution in [0.5, 0.6) is 0 Å². The van der Waals surface area contributed by atoms with Crippen molar-refractivity contribution in [3.63, 3.8) is 0 Å². The molecule has 8 heavy (non-hydrogen) atoms. The van der Waals surface area contributed by atoms with E-state index in [9.17, 15) is 0 Å². The highest BCUT2D eigenvalue weighted by Gasteiger charge is 1.91. The first-order chi connectivity index (χ1) is 3.81. The molecule has 0 heterocycles. The van der Waals surface area contributed by atoms with Gasteiger partial charge in [0.05, 0.1) is 12.5 Å². The summed E-state index contributed by atoms with van der Waals surface area (Å²) in [4.78, 5) is 0. The van der Waals surface area contributed by atoms with Crippen LogP contribution in [0.15, 0.2) is 25.7 Å². The van der Waals surface area contributed by atoms with Crippen LogP contribution < -0.4 is 0 Å². The number of hydrogen-bond donors (Lipinski definition) is 0. The largest absolute Gasteiger partial charge is 0.463 e. The first-order valence-electron chi connectivity index (χ1n) is 2.34. The fourth-order valence-corrected chi connectivity index (χ4v) is 0.303. The van der Waals surface area contributed by atoms with Gasteiger partial charge in [0.15, 0.2) is 0 Å². The summed E-state index contributed by atoms with van der Waals surface area (Å²) in [6.07, 6.45) is 2.38. The van der Waals surface area contributed by atoms with E-state index in [-0.39, 0.29) is 6.29 Å². The quantitative estimate of drug-likeness (QED) is 0.408. The van der Waals surface area contributed by atoms with Crippen molar-refractivity contribution < 1.29 is 9.47 Å². The molecular formula is C6H10O2. The third-order valence-electron chi connectivity index (χ3n) is 0.576. The van der Waals surface area contributed by atoms with Crippen LogP contribution in [-0.4, -0.2) is 6.29 Å². The second-order valence-corrected chi connectivity index (χ2v) is 1.17. The van der Waals surface area contributed by atoms with Gasteiger partial charge in [0.2, 0.25) is 6.29 Å². The highest BCUT2D eigenvalue weighted by Crippen LogP contribution is 1.91. The molecule has 2 heteroatoms. The van der Waals surface area contributed by atoms with Crippen molar-refractivity contribution in [1.29, 1.82) is 0 Å². The van der Waals surface area contributed by atoms with Gasteiger partial charge in [0.25, 0.3) is 0 Å². The Labute approximate surface area is 49.4 Å². The van der Waals surface area contributed by atoms with Crippen LogP contribution in [-0.2, 0) is 9.47 Å². The third kappa shape index (κ3) is 3.28. The smallest absolute Gasteiger partial charge is 0.236 e. The molecule has 0 rings (SSSR count). The zero-order valence-electron chi connectivity index (χ0n) is 4.96. The average Bonchev–Trinajstić information content (AvgIpc) is 1.68. The summed E-state index contributed by atoms with van der Waals surface area (Å²) >= 11 is 0. The molecule has 0 amide bonds. The van der Waals surface area contributed by atoms with Gasteiger partial charge in [-0.3, -0.25) is 0 Å². The van der Waals surface area contributed by atoms with E-state index in [0.717, 1.165) is 0 Å². The molecule has 0 N–H and O–H groups in total. The Morgan fingerprint density at radius 2 is 1.62 bits per heavy atom. The molecule has 0 aromatic heterocycles. The van der Waals surface area contributed by atoms with Crippen molar-refractivity contribution in [2.45, 2.75) is 13.2 Å². The summed E-state index contributed by atoms with van der Waals surface area (Å²) in [5.41, 5.74) is 0. The van der Waals surface area contributed by atoms with Crippen molar-refractivity contribution in [1.82, 2.24) is 0 Å². The lowest BCUT2D eigenvalue weighted by atomic mass is 10.7. The maximum absolute atomic E-state index is 4.75. The number of ether oxygens (including phenoxy) is 2. The summed E-state index contributed by atoms with van der Waals surface area (Å²) in [6, 6.07) is 0. The Morgan fingerprint density at radius 3 is 1.88 bits per heavy atom. The topological polar surface area (TPSA) is 18.5 Å². The fourth-order valence-electron chi connectivity index (χ4n) is 0.303. The molecule has 2 nitrogen and oxygen atoms in total. The molecule has 0 bridgehead atoms. The van der Waals surface area contributed by atoms with Gasteiger partial charge in [-0.25, -0.2) is 0 Å². The van der Waals surface area contributed by atoms with E-state index in [0.29, 0.717) is 0 Å². The van der Waals surface area contributed by atoms with Crippen LogP contribution in [0.25, 0.3) is 0 Å². The average molecular weight is 114 g/mol. The molecule has 0 radical (unpaired) electrons. The normalized spacial score (nSPS) is 8.25. The van der Waals surface area contributed by atoms with Crippen molar-refractivity contribution in [2.75, 3.05) is 0 Å². The van der Waals surface area contributed by atoms with Crippen LogP contribution in [0, 0.1) is 0 Å². The molecule has 0 spiro atoms. The van der Waals surface area contributed by atoms with Crippen molar-refractivity contribution in [3.8, 4) is 0 Å². The number of rotatable bonds is 4. The van der Waals surface area contributed by atoms with E-state index in [1.54, 1.807) is 6.92 Å². The highest BCUT2D eigenvalue weighted by molar-refractivity contribution is 4.53. The van der Waals surface area contributed by atoms with Gasteiger partial charge in [-0.1, -0.05) is 13.2 Å². The Bertz CT molecular complexity index is 68.6. The standard InChI is InChI=1S/C6H10O2/c1-4-7-6(3)8-5-2/h4-6H,1-2H2,3H3. The molecule has 0 aliphatic carbocycles. The Balaban J connectivity index is 3.16. The van der Waals surface area contributed by atoms with Crippen LogP contribution >= 0.6 is 0 Å². The first kappa shape index (κ1) is 7.08. The first-order valence-corrected chi connectivity index (χ1v) is 2.34. The SMILES string of the molecule is C=COC(C)OC=C. The molecule has 0 saturated carbocycles. The summed E-state index contributed by atoms with van der Waals surface area (Å²) in [6.45, 7) is 8.45. The minimum atomic E-state index is -0.273. The summed E-state index contributed by atoms with van der Waals surface area (Å²) in [7, 11) is 0. The van der Waals surface area contributed by atoms with Gasteiger partial charge in [-0.15, -0.1) is 0 Å². The van der Waals surface area contributed by atoms with E-state index in [1.807, 2.05) is 0 Å². The van der Waals surface area contributed by atoms with E-state index in [2.05, 4.69) is 13.2 Å². The molecule has 0 aliphatic heterocycles. The molecule has 0 atom stereocenters. The molecule has 0 aromatic carbocycles. The van der Waals surface area contributed by atoms with E-state index in [1.165, 1.54) is 12.5 Å². The fraction of sp³-hybridized carbons (Fsp3) is 0.333. The minimum Gasteiger partial charge on any atom is -0.463 e. The zero-order chi connectivity index (χ0) is 6.41. The van der Waals surface area contributed by atoms with Gasteiger partial charge >= 0.3 is 0 Å². The Kier molecular flexibility index (Phi) is 3.76. The van der Waals surface area contributed by atoms with E-state index in [4.69, 9.17) is 9.47 Å². The second kappa shape index (κ2) is 4.24. The summed E-state index contributed by atoms with van der Waals surface area (Å²) in [5.74, 6) is 0. The van der Waals surface area contributed by atoms with Gasteiger partial charge < -0.3 is 9.47 Å². The van der Waals surface area contributed by atoms with Crippen molar-refractivity contribution >= 4 is 0 Å². The third-order valence-corrected chi connectivity index (χ3v) is 0.576. The molecule has 0 aliphatic rings. The molecule has 0 aromatic rings. The maximum atomic E-state index is 4.75. The lowest BCUT2D eigenvalue weighted by Crippen LogP contribution is -2.03. The zero-order valence-corrected chi connectivity index (χ0v) is 4.96. The van der Waals surface area contributed by atoms with Crippen LogP contribution in [0.3, 0.4) is 0 Å². The predicted molar refractivity (Wildman–Crippen MR) is 32.0 cm³/mol. The molecular weight excluding hydrogens is 104 g/mol. The van der Waals surface area contributed by atoms with Crippen LogP contribution in [0.4, 0.5) is 0 Å². The van der Waals surface area contributed by atoms with Crippen LogP contribution in [0.2, 0.25) is 0 Å². The molecule has 0 saturated heterocycles. The highest BCUT2D eigenvalue weighted by atomic mass is 16.7. The molecule has 0 unspecified atom stereocenters. The number of hydrogen-bond acceptors (Lipinski definition) is 2. The Morgan fingerprint density at radius 1 is 1.25 bits per heavy atom. The van der Waals surface area contributed by atoms with Gasteiger partial charge in [-0.2, -0.15) is 0 Å². The van der Waals surface area contributed by atoms with Gasteiger partial charge in [0.1, 0.15) is 0 Å². The second-order valence-electron chi connectivity index (χ2n) is 1.17. The van der Waals surface area contributed by atoms with E-state index >= 15 is 0 Å². The summed E-state index contributed by atoms with van der Waals surface area (Å²) in [5, 5.41) is 0. The van der Waals surface area contributed by atoms with E-state index < -0.39 is 0 Å². The maximum Gasteiger partial charge on any atom is 0.236 e. The summed E-state index contributed by atoms with van der Waals surface area (Å²) < 4.78 is 9.51. The van der Waals surface area contributed by atoms with Crippen LogP contribution in [0.1, 0.15) is 6.92 Å². The van der Waals surface area contributed by atoms with Crippen molar-refractivity contribution in [2.24, 2.45) is 0 Å². The lowest BCUT2D eigenvalue weighted by Gasteiger charge is -2.08. The van der Waals surface area contributed by atoms with Gasteiger partial charge in [-0.05, 0) is 0 Å².